The van der Waals surface area contributed by atoms with Crippen molar-refractivity contribution in [1.29, 1.82) is 0 Å². The first-order chi connectivity index (χ1) is 5.55. The van der Waals surface area contributed by atoms with Gasteiger partial charge in [-0.1, -0.05) is 59.8 Å². The first kappa shape index (κ1) is 13.1. The maximum atomic E-state index is 5.29. The van der Waals surface area contributed by atoms with Crippen molar-refractivity contribution >= 4 is 29.7 Å². The van der Waals surface area contributed by atoms with Gasteiger partial charge in [-0.15, -0.1) is 0 Å². The molecule has 0 aromatic carbocycles. The monoisotopic (exact) mass is 215 g/mol. The van der Waals surface area contributed by atoms with E-state index in [-0.39, 0.29) is 10.8 Å². The van der Waals surface area contributed by atoms with E-state index in [4.69, 9.17) is 24.8 Å². The minimum absolute atomic E-state index is 0.0463. The van der Waals surface area contributed by atoms with Crippen LogP contribution in [0.2, 0.25) is 0 Å². The van der Waals surface area contributed by atoms with Gasteiger partial charge in [0.25, 0.3) is 0 Å². The Kier molecular flexibility index (Phi) is 4.07. The molecule has 0 unspecified atom stereocenters. The quantitative estimate of drug-likeness (QED) is 0.370. The van der Waals surface area contributed by atoms with Crippen molar-refractivity contribution in [2.24, 2.45) is 10.8 Å². The van der Waals surface area contributed by atoms with Crippen LogP contribution >= 0.6 is 12.2 Å². The molecule has 0 heterocycles. The van der Waals surface area contributed by atoms with E-state index in [1.165, 1.54) is 0 Å². The SMILES string of the molecule is CC(C)(C)C(=S)/C=C(\[S-])C(C)(C)C. The summed E-state index contributed by atoms with van der Waals surface area (Å²) in [5.41, 5.74) is 0.0925. The number of hydrogen-bond donors (Lipinski definition) is 0. The molecule has 0 N–H and O–H groups in total. The van der Waals surface area contributed by atoms with E-state index in [9.17, 15) is 0 Å². The van der Waals surface area contributed by atoms with Crippen LogP contribution in [0.15, 0.2) is 11.0 Å². The first-order valence-electron chi connectivity index (χ1n) is 4.49. The minimum atomic E-state index is 0.0463. The molecule has 0 aromatic heterocycles. The summed E-state index contributed by atoms with van der Waals surface area (Å²) in [5.74, 6) is 0. The van der Waals surface area contributed by atoms with Crippen molar-refractivity contribution in [2.45, 2.75) is 41.5 Å². The lowest BCUT2D eigenvalue weighted by molar-refractivity contribution is 0.533. The first-order valence-corrected chi connectivity index (χ1v) is 5.30. The van der Waals surface area contributed by atoms with Gasteiger partial charge >= 0.3 is 0 Å². The average Bonchev–Trinajstić information content (AvgIpc) is 1.82. The Balaban J connectivity index is 4.70. The molecule has 0 nitrogen and oxygen atoms in total. The van der Waals surface area contributed by atoms with E-state index in [0.717, 1.165) is 9.77 Å². The smallest absolute Gasteiger partial charge is 0.0188 e. The maximum Gasteiger partial charge on any atom is 0.0188 e. The van der Waals surface area contributed by atoms with E-state index >= 15 is 0 Å². The highest BCUT2D eigenvalue weighted by Gasteiger charge is 2.15. The van der Waals surface area contributed by atoms with Crippen molar-refractivity contribution in [3.63, 3.8) is 0 Å². The second-order valence-electron chi connectivity index (χ2n) is 5.37. The van der Waals surface area contributed by atoms with Gasteiger partial charge < -0.3 is 12.6 Å². The van der Waals surface area contributed by atoms with Gasteiger partial charge in [0.1, 0.15) is 0 Å². The van der Waals surface area contributed by atoms with E-state index in [1.54, 1.807) is 0 Å². The molecular weight excluding hydrogens is 196 g/mol. The normalized spacial score (nSPS) is 14.5. The highest BCUT2D eigenvalue weighted by molar-refractivity contribution is 7.81. The number of rotatable bonds is 1. The van der Waals surface area contributed by atoms with Gasteiger partial charge in [-0.05, 0) is 10.8 Å². The van der Waals surface area contributed by atoms with Crippen LogP contribution in [0.1, 0.15) is 41.5 Å². The van der Waals surface area contributed by atoms with Crippen LogP contribution in [0.3, 0.4) is 0 Å². The molecule has 0 saturated carbocycles. The largest absolute Gasteiger partial charge is 0.783 e. The molecule has 0 bridgehead atoms. The van der Waals surface area contributed by atoms with Gasteiger partial charge in [-0.3, -0.25) is 0 Å². The van der Waals surface area contributed by atoms with Crippen LogP contribution in [-0.4, -0.2) is 4.86 Å². The molecule has 0 radical (unpaired) electrons. The Morgan fingerprint density at radius 1 is 1.00 bits per heavy atom. The molecule has 2 heteroatoms. The third kappa shape index (κ3) is 4.72. The summed E-state index contributed by atoms with van der Waals surface area (Å²) in [4.78, 5) is 1.87. The standard InChI is InChI=1S/C11H20S2/c1-10(2,3)8(12)7-9(13)11(4,5)6/h7,12H,1-6H3/p-1/b8-7-. The summed E-state index contributed by atoms with van der Waals surface area (Å²) >= 11 is 10.6. The Bertz CT molecular complexity index is 223. The summed E-state index contributed by atoms with van der Waals surface area (Å²) in [7, 11) is 0. The van der Waals surface area contributed by atoms with Gasteiger partial charge in [0.15, 0.2) is 0 Å². The van der Waals surface area contributed by atoms with Gasteiger partial charge in [0.2, 0.25) is 0 Å². The molecule has 0 aliphatic carbocycles. The van der Waals surface area contributed by atoms with Crippen molar-refractivity contribution in [2.75, 3.05) is 0 Å². The predicted molar refractivity (Wildman–Crippen MR) is 67.0 cm³/mol. The highest BCUT2D eigenvalue weighted by atomic mass is 32.1. The van der Waals surface area contributed by atoms with E-state index in [1.807, 2.05) is 6.08 Å². The fraction of sp³-hybridized carbons (Fsp3) is 0.727. The number of hydrogen-bond acceptors (Lipinski definition) is 2. The Labute approximate surface area is 93.2 Å². The van der Waals surface area contributed by atoms with Gasteiger partial charge in [-0.2, -0.15) is 4.91 Å². The third-order valence-corrected chi connectivity index (χ3v) is 3.20. The summed E-state index contributed by atoms with van der Waals surface area (Å²) < 4.78 is 0. The Morgan fingerprint density at radius 3 is 1.62 bits per heavy atom. The molecule has 0 amide bonds. The summed E-state index contributed by atoms with van der Waals surface area (Å²) in [6.07, 6.45) is 1.96. The van der Waals surface area contributed by atoms with Crippen LogP contribution in [0.5, 0.6) is 0 Å². The third-order valence-electron chi connectivity index (χ3n) is 1.74. The number of allylic oxidation sites excluding steroid dienone is 2. The van der Waals surface area contributed by atoms with Crippen molar-refractivity contribution < 1.29 is 0 Å². The maximum absolute atomic E-state index is 5.29. The van der Waals surface area contributed by atoms with E-state index in [2.05, 4.69) is 41.5 Å². The van der Waals surface area contributed by atoms with Crippen molar-refractivity contribution in [3.8, 4) is 0 Å². The molecule has 0 aliphatic rings. The van der Waals surface area contributed by atoms with Gasteiger partial charge in [-0.25, -0.2) is 0 Å². The summed E-state index contributed by atoms with van der Waals surface area (Å²) in [6, 6.07) is 0. The zero-order chi connectivity index (χ0) is 10.9. The fourth-order valence-corrected chi connectivity index (χ4v) is 0.862. The highest BCUT2D eigenvalue weighted by Crippen LogP contribution is 2.26. The molecule has 76 valence electrons. The molecular formula is C11H19S2-. The molecule has 0 aromatic rings. The second kappa shape index (κ2) is 4.05. The van der Waals surface area contributed by atoms with Crippen LogP contribution in [0.25, 0.3) is 0 Å². The zero-order valence-electron chi connectivity index (χ0n) is 9.39. The van der Waals surface area contributed by atoms with Crippen molar-refractivity contribution in [1.82, 2.24) is 0 Å². The topological polar surface area (TPSA) is 0 Å². The number of thiocarbonyl (C=S) groups is 1. The van der Waals surface area contributed by atoms with Crippen LogP contribution in [0.4, 0.5) is 0 Å². The molecule has 0 saturated heterocycles. The fourth-order valence-electron chi connectivity index (χ4n) is 0.552. The van der Waals surface area contributed by atoms with Crippen LogP contribution in [0, 0.1) is 10.8 Å². The molecule has 0 rings (SSSR count). The molecule has 0 atom stereocenters. The molecule has 13 heavy (non-hydrogen) atoms. The van der Waals surface area contributed by atoms with Gasteiger partial charge in [0.05, 0.1) is 0 Å². The predicted octanol–water partition coefficient (Wildman–Crippen LogP) is 3.88. The zero-order valence-corrected chi connectivity index (χ0v) is 11.0. The Morgan fingerprint density at radius 2 is 1.38 bits per heavy atom. The van der Waals surface area contributed by atoms with Gasteiger partial charge in [0, 0.05) is 4.86 Å². The second-order valence-corrected chi connectivity index (χ2v) is 6.25. The average molecular weight is 215 g/mol. The molecule has 0 spiro atoms. The lowest BCUT2D eigenvalue weighted by Gasteiger charge is -2.30. The van der Waals surface area contributed by atoms with E-state index < -0.39 is 0 Å². The molecule has 0 fully saturated rings. The van der Waals surface area contributed by atoms with Crippen LogP contribution < -0.4 is 0 Å². The summed E-state index contributed by atoms with van der Waals surface area (Å²) in [5, 5.41) is 0. The molecule has 0 aliphatic heterocycles. The van der Waals surface area contributed by atoms with E-state index in [0.29, 0.717) is 0 Å². The lowest BCUT2D eigenvalue weighted by atomic mass is 9.88. The Hall–Kier alpha value is 0.0500. The summed E-state index contributed by atoms with van der Waals surface area (Å²) in [6.45, 7) is 12.6. The lowest BCUT2D eigenvalue weighted by Crippen LogP contribution is -2.18. The van der Waals surface area contributed by atoms with Crippen LogP contribution in [-0.2, 0) is 12.6 Å². The van der Waals surface area contributed by atoms with Crippen molar-refractivity contribution in [3.05, 3.63) is 11.0 Å². The minimum Gasteiger partial charge on any atom is -0.783 e.